The summed E-state index contributed by atoms with van der Waals surface area (Å²) in [6.45, 7) is 2.25. The number of hydrogen-bond acceptors (Lipinski definition) is 3. The van der Waals surface area contributed by atoms with E-state index in [-0.39, 0.29) is 12.5 Å². The molecular formula is C15H21NO3. The molecule has 2 N–H and O–H groups in total. The average molecular weight is 263 g/mol. The van der Waals surface area contributed by atoms with Crippen LogP contribution in [0.4, 0.5) is 0 Å². The second kappa shape index (κ2) is 6.06. The van der Waals surface area contributed by atoms with E-state index in [1.165, 1.54) is 0 Å². The van der Waals surface area contributed by atoms with E-state index in [1.807, 2.05) is 31.2 Å². The Kier molecular flexibility index (Phi) is 4.43. The summed E-state index contributed by atoms with van der Waals surface area (Å²) in [5.41, 5.74) is 0.294. The van der Waals surface area contributed by atoms with Gasteiger partial charge in [-0.2, -0.15) is 0 Å². The molecule has 1 aromatic carbocycles. The summed E-state index contributed by atoms with van der Waals surface area (Å²) >= 11 is 0. The van der Waals surface area contributed by atoms with Crippen molar-refractivity contribution in [1.82, 2.24) is 5.32 Å². The van der Waals surface area contributed by atoms with Crippen LogP contribution in [0, 0.1) is 6.92 Å². The maximum absolute atomic E-state index is 11.7. The van der Waals surface area contributed by atoms with Crippen LogP contribution in [0.25, 0.3) is 0 Å². The molecule has 2 rings (SSSR count). The monoisotopic (exact) mass is 263 g/mol. The molecule has 0 bridgehead atoms. The Balaban J connectivity index is 1.74. The fourth-order valence-electron chi connectivity index (χ4n) is 2.39. The molecule has 1 aliphatic rings. The van der Waals surface area contributed by atoms with Gasteiger partial charge in [0.15, 0.2) is 6.61 Å². The van der Waals surface area contributed by atoms with Crippen molar-refractivity contribution in [2.75, 3.05) is 13.2 Å². The number of aryl methyl sites for hydroxylation is 1. The first kappa shape index (κ1) is 13.9. The summed E-state index contributed by atoms with van der Waals surface area (Å²) in [4.78, 5) is 11.7. The minimum Gasteiger partial charge on any atom is -0.484 e. The Labute approximate surface area is 113 Å². The molecule has 19 heavy (non-hydrogen) atoms. The van der Waals surface area contributed by atoms with Gasteiger partial charge in [0.05, 0.1) is 5.60 Å². The molecule has 0 saturated heterocycles. The van der Waals surface area contributed by atoms with Crippen LogP contribution >= 0.6 is 0 Å². The fourth-order valence-corrected chi connectivity index (χ4v) is 2.39. The Hall–Kier alpha value is -1.55. The van der Waals surface area contributed by atoms with Crippen LogP contribution in [0.15, 0.2) is 24.3 Å². The Morgan fingerprint density at radius 3 is 2.74 bits per heavy atom. The third kappa shape index (κ3) is 3.96. The smallest absolute Gasteiger partial charge is 0.258 e. The number of benzene rings is 1. The van der Waals surface area contributed by atoms with Crippen LogP contribution in [0.1, 0.15) is 31.2 Å². The van der Waals surface area contributed by atoms with Gasteiger partial charge in [-0.25, -0.2) is 0 Å². The van der Waals surface area contributed by atoms with E-state index in [0.29, 0.717) is 6.54 Å². The maximum atomic E-state index is 11.7. The molecule has 0 aliphatic heterocycles. The van der Waals surface area contributed by atoms with Gasteiger partial charge in [0.2, 0.25) is 0 Å². The summed E-state index contributed by atoms with van der Waals surface area (Å²) in [7, 11) is 0. The largest absolute Gasteiger partial charge is 0.484 e. The molecule has 4 nitrogen and oxygen atoms in total. The lowest BCUT2D eigenvalue weighted by atomic mass is 10.0. The van der Waals surface area contributed by atoms with Gasteiger partial charge in [-0.05, 0) is 31.4 Å². The highest BCUT2D eigenvalue weighted by Gasteiger charge is 2.31. The molecule has 1 saturated carbocycles. The highest BCUT2D eigenvalue weighted by atomic mass is 16.5. The minimum atomic E-state index is -0.710. The van der Waals surface area contributed by atoms with Gasteiger partial charge in [-0.15, -0.1) is 0 Å². The van der Waals surface area contributed by atoms with Crippen LogP contribution < -0.4 is 10.1 Å². The van der Waals surface area contributed by atoms with Gasteiger partial charge in [-0.3, -0.25) is 4.79 Å². The average Bonchev–Trinajstić information content (AvgIpc) is 2.83. The molecule has 1 amide bonds. The van der Waals surface area contributed by atoms with Crippen LogP contribution in [-0.2, 0) is 4.79 Å². The van der Waals surface area contributed by atoms with Crippen molar-refractivity contribution in [3.63, 3.8) is 0 Å². The number of ether oxygens (including phenoxy) is 1. The van der Waals surface area contributed by atoms with Crippen molar-refractivity contribution in [3.05, 3.63) is 29.8 Å². The van der Waals surface area contributed by atoms with Crippen LogP contribution in [0.3, 0.4) is 0 Å². The summed E-state index contributed by atoms with van der Waals surface area (Å²) in [5, 5.41) is 12.9. The topological polar surface area (TPSA) is 58.6 Å². The lowest BCUT2D eigenvalue weighted by molar-refractivity contribution is -0.124. The molecule has 0 radical (unpaired) electrons. The van der Waals surface area contributed by atoms with Crippen molar-refractivity contribution >= 4 is 5.91 Å². The van der Waals surface area contributed by atoms with Gasteiger partial charge in [0, 0.05) is 6.54 Å². The number of amides is 1. The van der Waals surface area contributed by atoms with E-state index in [1.54, 1.807) is 0 Å². The summed E-state index contributed by atoms with van der Waals surface area (Å²) in [5.74, 6) is 0.529. The first-order valence-corrected chi connectivity index (χ1v) is 6.77. The van der Waals surface area contributed by atoms with Crippen molar-refractivity contribution in [1.29, 1.82) is 0 Å². The fraction of sp³-hybridized carbons (Fsp3) is 0.533. The third-order valence-electron chi connectivity index (χ3n) is 3.60. The number of para-hydroxylation sites is 1. The second-order valence-electron chi connectivity index (χ2n) is 5.26. The summed E-state index contributed by atoms with van der Waals surface area (Å²) < 4.78 is 5.45. The first-order chi connectivity index (χ1) is 9.09. The maximum Gasteiger partial charge on any atom is 0.258 e. The van der Waals surface area contributed by atoms with Crippen molar-refractivity contribution in [3.8, 4) is 5.75 Å². The normalized spacial score (nSPS) is 17.2. The van der Waals surface area contributed by atoms with Crippen molar-refractivity contribution < 1.29 is 14.6 Å². The Morgan fingerprint density at radius 2 is 2.05 bits per heavy atom. The van der Waals surface area contributed by atoms with E-state index in [4.69, 9.17) is 4.74 Å². The van der Waals surface area contributed by atoms with Crippen molar-refractivity contribution in [2.45, 2.75) is 38.2 Å². The van der Waals surface area contributed by atoms with Gasteiger partial charge in [0.25, 0.3) is 5.91 Å². The highest BCUT2D eigenvalue weighted by Crippen LogP contribution is 2.28. The number of rotatable bonds is 5. The highest BCUT2D eigenvalue weighted by molar-refractivity contribution is 5.77. The number of aliphatic hydroxyl groups is 1. The molecule has 1 aliphatic carbocycles. The third-order valence-corrected chi connectivity index (χ3v) is 3.60. The van der Waals surface area contributed by atoms with Crippen LogP contribution in [0.2, 0.25) is 0 Å². The number of carbonyl (C=O) groups excluding carboxylic acids is 1. The van der Waals surface area contributed by atoms with Gasteiger partial charge >= 0.3 is 0 Å². The number of carbonyl (C=O) groups is 1. The lowest BCUT2D eigenvalue weighted by Gasteiger charge is -2.22. The molecule has 1 fully saturated rings. The van der Waals surface area contributed by atoms with Crippen LogP contribution in [-0.4, -0.2) is 29.8 Å². The Morgan fingerprint density at radius 1 is 1.37 bits per heavy atom. The molecule has 104 valence electrons. The second-order valence-corrected chi connectivity index (χ2v) is 5.26. The van der Waals surface area contributed by atoms with Crippen LogP contribution in [0.5, 0.6) is 5.75 Å². The van der Waals surface area contributed by atoms with Gasteiger partial charge in [-0.1, -0.05) is 31.0 Å². The molecule has 1 aromatic rings. The predicted molar refractivity (Wildman–Crippen MR) is 73.1 cm³/mol. The first-order valence-electron chi connectivity index (χ1n) is 6.77. The van der Waals surface area contributed by atoms with E-state index >= 15 is 0 Å². The van der Waals surface area contributed by atoms with E-state index in [0.717, 1.165) is 37.0 Å². The summed E-state index contributed by atoms with van der Waals surface area (Å²) in [6.07, 6.45) is 3.61. The number of nitrogens with one attached hydrogen (secondary N) is 1. The Bertz CT molecular complexity index is 439. The summed E-state index contributed by atoms with van der Waals surface area (Å²) in [6, 6.07) is 7.58. The molecule has 0 heterocycles. The van der Waals surface area contributed by atoms with E-state index in [9.17, 15) is 9.90 Å². The standard InChI is InChI=1S/C15H21NO3/c1-12-6-2-3-7-13(12)19-10-14(17)16-11-15(18)8-4-5-9-15/h2-3,6-7,18H,4-5,8-11H2,1H3,(H,16,17). The quantitative estimate of drug-likeness (QED) is 0.851. The molecule has 0 spiro atoms. The predicted octanol–water partition coefficient (Wildman–Crippen LogP) is 1.80. The van der Waals surface area contributed by atoms with Gasteiger partial charge in [0.1, 0.15) is 5.75 Å². The molecule has 4 heteroatoms. The van der Waals surface area contributed by atoms with E-state index < -0.39 is 5.60 Å². The molecule has 0 aromatic heterocycles. The lowest BCUT2D eigenvalue weighted by Crippen LogP contribution is -2.42. The zero-order chi connectivity index (χ0) is 13.7. The molecule has 0 unspecified atom stereocenters. The molecule has 0 atom stereocenters. The SMILES string of the molecule is Cc1ccccc1OCC(=O)NCC1(O)CCCC1. The van der Waals surface area contributed by atoms with E-state index in [2.05, 4.69) is 5.32 Å². The van der Waals surface area contributed by atoms with Crippen molar-refractivity contribution in [2.24, 2.45) is 0 Å². The van der Waals surface area contributed by atoms with Gasteiger partial charge < -0.3 is 15.2 Å². The zero-order valence-electron chi connectivity index (χ0n) is 11.3. The number of hydrogen-bond donors (Lipinski definition) is 2. The zero-order valence-corrected chi connectivity index (χ0v) is 11.3. The molecular weight excluding hydrogens is 242 g/mol. The minimum absolute atomic E-state index is 0.0130.